The standard InChI is InChI=1S/C24H43N5O3.HI/c1-18(2)29(19(3)4)11-10-26-24(25-5)27-17-21(28-12-14-32-15-13-28)20-8-9-22(30-6)23(16-20)31-7;/h8-9,16,18-19,21H,10-15,17H2,1-7H3,(H2,25,26,27);1H. The zero-order valence-corrected chi connectivity index (χ0v) is 23.7. The lowest BCUT2D eigenvalue weighted by Gasteiger charge is -2.35. The molecule has 1 atom stereocenters. The number of hydrogen-bond acceptors (Lipinski definition) is 6. The van der Waals surface area contributed by atoms with E-state index >= 15 is 0 Å². The van der Waals surface area contributed by atoms with Gasteiger partial charge in [-0.15, -0.1) is 24.0 Å². The number of morpholine rings is 1. The molecular weight excluding hydrogens is 533 g/mol. The van der Waals surface area contributed by atoms with Crippen LogP contribution in [0.1, 0.15) is 39.3 Å². The van der Waals surface area contributed by atoms with Crippen molar-refractivity contribution in [1.82, 2.24) is 20.4 Å². The highest BCUT2D eigenvalue weighted by molar-refractivity contribution is 14.0. The van der Waals surface area contributed by atoms with Gasteiger partial charge in [0, 0.05) is 51.9 Å². The average molecular weight is 578 g/mol. The molecule has 1 aliphatic rings. The van der Waals surface area contributed by atoms with Crippen molar-refractivity contribution in [3.63, 3.8) is 0 Å². The molecule has 0 saturated carbocycles. The van der Waals surface area contributed by atoms with Crippen LogP contribution in [0.15, 0.2) is 23.2 Å². The highest BCUT2D eigenvalue weighted by Crippen LogP contribution is 2.32. The molecule has 0 amide bonds. The Bertz CT molecular complexity index is 703. The maximum Gasteiger partial charge on any atom is 0.191 e. The number of hydrogen-bond donors (Lipinski definition) is 2. The third kappa shape index (κ3) is 9.11. The maximum absolute atomic E-state index is 5.58. The predicted octanol–water partition coefficient (Wildman–Crippen LogP) is 2.98. The lowest BCUT2D eigenvalue weighted by Crippen LogP contribution is -2.48. The monoisotopic (exact) mass is 577 g/mol. The van der Waals surface area contributed by atoms with Gasteiger partial charge in [-0.05, 0) is 45.4 Å². The first-order valence-corrected chi connectivity index (χ1v) is 11.6. The summed E-state index contributed by atoms with van der Waals surface area (Å²) in [5, 5.41) is 7.00. The van der Waals surface area contributed by atoms with Crippen molar-refractivity contribution in [1.29, 1.82) is 0 Å². The normalized spacial score (nSPS) is 16.0. The van der Waals surface area contributed by atoms with Crippen LogP contribution in [0.5, 0.6) is 11.5 Å². The SMILES string of the molecule is CN=C(NCCN(C(C)C)C(C)C)NCC(c1ccc(OC)c(OC)c1)N1CCOCC1.I. The van der Waals surface area contributed by atoms with E-state index in [-0.39, 0.29) is 30.0 Å². The van der Waals surface area contributed by atoms with Crippen LogP contribution < -0.4 is 20.1 Å². The fourth-order valence-corrected chi connectivity index (χ4v) is 4.24. The topological polar surface area (TPSA) is 70.6 Å². The highest BCUT2D eigenvalue weighted by atomic mass is 127. The van der Waals surface area contributed by atoms with Crippen LogP contribution in [0.3, 0.4) is 0 Å². The first kappa shape index (κ1) is 29.7. The number of halogens is 1. The van der Waals surface area contributed by atoms with E-state index in [1.54, 1.807) is 14.2 Å². The van der Waals surface area contributed by atoms with Gasteiger partial charge >= 0.3 is 0 Å². The Kier molecular flexibility index (Phi) is 14.0. The Morgan fingerprint density at radius 1 is 1.06 bits per heavy atom. The van der Waals surface area contributed by atoms with Crippen LogP contribution in [-0.2, 0) is 4.74 Å². The molecule has 2 N–H and O–H groups in total. The molecule has 190 valence electrons. The van der Waals surface area contributed by atoms with Crippen molar-refractivity contribution in [2.24, 2.45) is 4.99 Å². The first-order chi connectivity index (χ1) is 15.4. The number of ether oxygens (including phenoxy) is 3. The van der Waals surface area contributed by atoms with Gasteiger partial charge in [-0.3, -0.25) is 14.8 Å². The molecule has 0 radical (unpaired) electrons. The molecule has 9 heteroatoms. The van der Waals surface area contributed by atoms with Crippen molar-refractivity contribution in [3.8, 4) is 11.5 Å². The molecule has 1 aliphatic heterocycles. The van der Waals surface area contributed by atoms with Crippen LogP contribution >= 0.6 is 24.0 Å². The van der Waals surface area contributed by atoms with Gasteiger partial charge in [-0.1, -0.05) is 6.07 Å². The zero-order chi connectivity index (χ0) is 23.5. The fourth-order valence-electron chi connectivity index (χ4n) is 4.24. The number of aliphatic imine (C=N–C) groups is 1. The summed E-state index contributed by atoms with van der Waals surface area (Å²) in [7, 11) is 5.15. The van der Waals surface area contributed by atoms with Gasteiger partial charge < -0.3 is 24.8 Å². The molecule has 0 aliphatic carbocycles. The lowest BCUT2D eigenvalue weighted by atomic mass is 10.0. The maximum atomic E-state index is 5.58. The summed E-state index contributed by atoms with van der Waals surface area (Å²) in [6.45, 7) is 14.8. The van der Waals surface area contributed by atoms with Gasteiger partial charge in [-0.25, -0.2) is 0 Å². The van der Waals surface area contributed by atoms with E-state index in [1.807, 2.05) is 13.1 Å². The van der Waals surface area contributed by atoms with Crippen molar-refractivity contribution < 1.29 is 14.2 Å². The van der Waals surface area contributed by atoms with Gasteiger partial charge in [0.2, 0.25) is 0 Å². The van der Waals surface area contributed by atoms with Crippen LogP contribution in [-0.4, -0.2) is 95.0 Å². The van der Waals surface area contributed by atoms with Gasteiger partial charge in [0.1, 0.15) is 0 Å². The molecule has 1 aromatic carbocycles. The van der Waals surface area contributed by atoms with E-state index in [4.69, 9.17) is 14.2 Å². The highest BCUT2D eigenvalue weighted by Gasteiger charge is 2.24. The van der Waals surface area contributed by atoms with Gasteiger partial charge in [0.25, 0.3) is 0 Å². The summed E-state index contributed by atoms with van der Waals surface area (Å²) in [5.41, 5.74) is 1.18. The second-order valence-electron chi connectivity index (χ2n) is 8.58. The zero-order valence-electron chi connectivity index (χ0n) is 21.4. The summed E-state index contributed by atoms with van der Waals surface area (Å²) in [4.78, 5) is 9.36. The molecule has 1 heterocycles. The second kappa shape index (κ2) is 15.6. The van der Waals surface area contributed by atoms with E-state index in [0.29, 0.717) is 12.1 Å². The van der Waals surface area contributed by atoms with Crippen LogP contribution in [0.25, 0.3) is 0 Å². The minimum absolute atomic E-state index is 0. The molecule has 0 bridgehead atoms. The number of rotatable bonds is 11. The van der Waals surface area contributed by atoms with Crippen molar-refractivity contribution in [2.75, 3.05) is 67.2 Å². The van der Waals surface area contributed by atoms with Gasteiger partial charge in [0.15, 0.2) is 17.5 Å². The molecule has 1 fully saturated rings. The number of nitrogens with one attached hydrogen (secondary N) is 2. The molecular formula is C24H44IN5O3. The summed E-state index contributed by atoms with van der Waals surface area (Å²) < 4.78 is 16.5. The minimum atomic E-state index is 0. The Labute approximate surface area is 217 Å². The number of nitrogens with zero attached hydrogens (tertiary/aromatic N) is 3. The first-order valence-electron chi connectivity index (χ1n) is 11.6. The summed E-state index contributed by atoms with van der Waals surface area (Å²) >= 11 is 0. The minimum Gasteiger partial charge on any atom is -0.493 e. The van der Waals surface area contributed by atoms with Gasteiger partial charge in [0.05, 0.1) is 33.5 Å². The quantitative estimate of drug-likeness (QED) is 0.238. The Morgan fingerprint density at radius 3 is 2.24 bits per heavy atom. The molecule has 8 nitrogen and oxygen atoms in total. The van der Waals surface area contributed by atoms with E-state index < -0.39 is 0 Å². The summed E-state index contributed by atoms with van der Waals surface area (Å²) in [5.74, 6) is 2.30. The van der Waals surface area contributed by atoms with Gasteiger partial charge in [-0.2, -0.15) is 0 Å². The van der Waals surface area contributed by atoms with E-state index in [0.717, 1.165) is 63.4 Å². The predicted molar refractivity (Wildman–Crippen MR) is 146 cm³/mol. The van der Waals surface area contributed by atoms with Crippen molar-refractivity contribution >= 4 is 29.9 Å². The number of methoxy groups -OCH3 is 2. The molecule has 2 rings (SSSR count). The summed E-state index contributed by atoms with van der Waals surface area (Å²) in [6.07, 6.45) is 0. The Hall–Kier alpha value is -1.30. The van der Waals surface area contributed by atoms with Crippen molar-refractivity contribution in [3.05, 3.63) is 23.8 Å². The van der Waals surface area contributed by atoms with Crippen LogP contribution in [0.4, 0.5) is 0 Å². The molecule has 33 heavy (non-hydrogen) atoms. The third-order valence-corrected chi connectivity index (χ3v) is 5.95. The Morgan fingerprint density at radius 2 is 1.70 bits per heavy atom. The van der Waals surface area contributed by atoms with E-state index in [9.17, 15) is 0 Å². The molecule has 1 saturated heterocycles. The number of guanidine groups is 1. The third-order valence-electron chi connectivity index (χ3n) is 5.95. The molecule has 0 spiro atoms. The molecule has 1 unspecified atom stereocenters. The van der Waals surface area contributed by atoms with E-state index in [1.165, 1.54) is 5.56 Å². The lowest BCUT2D eigenvalue weighted by molar-refractivity contribution is 0.0169. The smallest absolute Gasteiger partial charge is 0.191 e. The van der Waals surface area contributed by atoms with E-state index in [2.05, 4.69) is 65.3 Å². The second-order valence-corrected chi connectivity index (χ2v) is 8.58. The molecule has 1 aromatic rings. The number of benzene rings is 1. The van der Waals surface area contributed by atoms with Crippen LogP contribution in [0, 0.1) is 0 Å². The Balaban J connectivity index is 0.00000544. The van der Waals surface area contributed by atoms with Crippen LogP contribution in [0.2, 0.25) is 0 Å². The van der Waals surface area contributed by atoms with Crippen molar-refractivity contribution in [2.45, 2.75) is 45.8 Å². The fraction of sp³-hybridized carbons (Fsp3) is 0.708. The summed E-state index contributed by atoms with van der Waals surface area (Å²) in [6, 6.07) is 7.36. The average Bonchev–Trinajstić information content (AvgIpc) is 2.80. The largest absolute Gasteiger partial charge is 0.493 e. The molecule has 0 aromatic heterocycles.